The highest BCUT2D eigenvalue weighted by Crippen LogP contribution is 2.29. The van der Waals surface area contributed by atoms with Gasteiger partial charge in [0.15, 0.2) is 11.5 Å². The largest absolute Gasteiger partial charge is 0.493 e. The van der Waals surface area contributed by atoms with E-state index >= 15 is 0 Å². The number of hydrogen-bond donors (Lipinski definition) is 1. The summed E-state index contributed by atoms with van der Waals surface area (Å²) in [6, 6.07) is 6.46. The highest BCUT2D eigenvalue weighted by Gasteiger charge is 2.20. The van der Waals surface area contributed by atoms with Crippen LogP contribution in [0.5, 0.6) is 11.5 Å². The van der Waals surface area contributed by atoms with Crippen LogP contribution in [0.2, 0.25) is 0 Å². The first-order valence-electron chi connectivity index (χ1n) is 8.65. The Morgan fingerprint density at radius 3 is 2.68 bits per heavy atom. The van der Waals surface area contributed by atoms with Gasteiger partial charge < -0.3 is 14.8 Å². The third-order valence-electron chi connectivity index (χ3n) is 4.62. The molecule has 5 heteroatoms. The molecule has 1 aliphatic carbocycles. The fourth-order valence-corrected chi connectivity index (χ4v) is 3.24. The molecule has 1 aromatic heterocycles. The Hall–Kier alpha value is -2.40. The van der Waals surface area contributed by atoms with Gasteiger partial charge in [0, 0.05) is 37.1 Å². The third-order valence-corrected chi connectivity index (χ3v) is 4.62. The number of nitrogens with zero attached hydrogens (tertiary/aromatic N) is 2. The number of nitrogens with one attached hydrogen (secondary N) is 1. The Morgan fingerprint density at radius 1 is 1.08 bits per heavy atom. The normalized spacial score (nSPS) is 20.1. The molecule has 0 bridgehead atoms. The van der Waals surface area contributed by atoms with Gasteiger partial charge in [-0.25, -0.2) is 0 Å². The molecule has 1 N–H and O–H groups in total. The highest BCUT2D eigenvalue weighted by molar-refractivity contribution is 5.42. The van der Waals surface area contributed by atoms with Crippen molar-refractivity contribution in [2.75, 3.05) is 14.2 Å². The molecule has 0 spiro atoms. The van der Waals surface area contributed by atoms with E-state index in [-0.39, 0.29) is 0 Å². The molecule has 25 heavy (non-hydrogen) atoms. The first kappa shape index (κ1) is 17.4. The minimum absolute atomic E-state index is 0.412. The molecule has 132 valence electrons. The molecule has 0 amide bonds. The van der Waals surface area contributed by atoms with Crippen LogP contribution < -0.4 is 14.8 Å². The van der Waals surface area contributed by atoms with Crippen LogP contribution in [0.1, 0.15) is 36.4 Å². The molecular weight excluding hydrogens is 314 g/mol. The van der Waals surface area contributed by atoms with Crippen LogP contribution in [0, 0.1) is 0 Å². The Bertz CT molecular complexity index is 703. The second-order valence-electron chi connectivity index (χ2n) is 6.27. The SMILES string of the molecule is COc1ccc(CNC2CC=CCC(c3cnccn3)C2)cc1OC. The maximum absolute atomic E-state index is 5.38. The van der Waals surface area contributed by atoms with Crippen molar-refractivity contribution >= 4 is 0 Å². The molecule has 0 saturated carbocycles. The summed E-state index contributed by atoms with van der Waals surface area (Å²) < 4.78 is 10.7. The fourth-order valence-electron chi connectivity index (χ4n) is 3.24. The molecule has 2 atom stereocenters. The summed E-state index contributed by atoms with van der Waals surface area (Å²) in [5.74, 6) is 1.93. The monoisotopic (exact) mass is 339 g/mol. The number of rotatable bonds is 6. The number of methoxy groups -OCH3 is 2. The van der Waals surface area contributed by atoms with E-state index in [1.165, 1.54) is 5.56 Å². The zero-order valence-corrected chi connectivity index (χ0v) is 14.8. The maximum Gasteiger partial charge on any atom is 0.161 e. The van der Waals surface area contributed by atoms with Crippen LogP contribution in [-0.2, 0) is 6.54 Å². The quantitative estimate of drug-likeness (QED) is 0.817. The third kappa shape index (κ3) is 4.57. The van der Waals surface area contributed by atoms with Crippen molar-refractivity contribution in [2.45, 2.75) is 37.8 Å². The van der Waals surface area contributed by atoms with Gasteiger partial charge in [-0.3, -0.25) is 9.97 Å². The molecule has 0 aliphatic heterocycles. The lowest BCUT2D eigenvalue weighted by Crippen LogP contribution is -2.29. The molecule has 0 fully saturated rings. The first-order valence-corrected chi connectivity index (χ1v) is 8.65. The van der Waals surface area contributed by atoms with Crippen LogP contribution in [0.3, 0.4) is 0 Å². The van der Waals surface area contributed by atoms with Crippen LogP contribution >= 0.6 is 0 Å². The summed E-state index contributed by atoms with van der Waals surface area (Å²) in [4.78, 5) is 8.70. The minimum Gasteiger partial charge on any atom is -0.493 e. The highest BCUT2D eigenvalue weighted by atomic mass is 16.5. The van der Waals surface area contributed by atoms with E-state index in [0.29, 0.717) is 12.0 Å². The van der Waals surface area contributed by atoms with E-state index in [1.807, 2.05) is 18.3 Å². The lowest BCUT2D eigenvalue weighted by Gasteiger charge is -2.21. The molecular formula is C20H25N3O2. The van der Waals surface area contributed by atoms with E-state index < -0.39 is 0 Å². The molecule has 3 rings (SSSR count). The summed E-state index contributed by atoms with van der Waals surface area (Å²) in [5.41, 5.74) is 2.26. The second-order valence-corrected chi connectivity index (χ2v) is 6.27. The van der Waals surface area contributed by atoms with E-state index in [2.05, 4.69) is 33.5 Å². The van der Waals surface area contributed by atoms with Crippen molar-refractivity contribution in [3.05, 3.63) is 60.2 Å². The van der Waals surface area contributed by atoms with Gasteiger partial charge >= 0.3 is 0 Å². The smallest absolute Gasteiger partial charge is 0.161 e. The number of ether oxygens (including phenoxy) is 2. The Kier molecular flexibility index (Phi) is 6.01. The predicted octanol–water partition coefficient (Wildman–Crippen LogP) is 3.48. The average Bonchev–Trinajstić information content (AvgIpc) is 2.92. The van der Waals surface area contributed by atoms with E-state index in [0.717, 1.165) is 43.0 Å². The van der Waals surface area contributed by atoms with Gasteiger partial charge in [0.2, 0.25) is 0 Å². The zero-order chi connectivity index (χ0) is 17.5. The molecule has 5 nitrogen and oxygen atoms in total. The van der Waals surface area contributed by atoms with Gasteiger partial charge in [0.05, 0.1) is 19.9 Å². The standard InChI is InChI=1S/C20H25N3O2/c1-24-19-8-7-15(11-20(19)25-2)13-23-17-6-4-3-5-16(12-17)18-14-21-9-10-22-18/h3-4,7-11,14,16-17,23H,5-6,12-13H2,1-2H3. The summed E-state index contributed by atoms with van der Waals surface area (Å²) in [6.07, 6.45) is 13.0. The van der Waals surface area contributed by atoms with Gasteiger partial charge in [-0.15, -0.1) is 0 Å². The van der Waals surface area contributed by atoms with Gasteiger partial charge in [0.1, 0.15) is 0 Å². The number of hydrogen-bond acceptors (Lipinski definition) is 5. The van der Waals surface area contributed by atoms with Crippen LogP contribution in [0.4, 0.5) is 0 Å². The average molecular weight is 339 g/mol. The maximum atomic E-state index is 5.38. The Labute approximate surface area is 149 Å². The lowest BCUT2D eigenvalue weighted by atomic mass is 9.94. The summed E-state index contributed by atoms with van der Waals surface area (Å²) >= 11 is 0. The predicted molar refractivity (Wildman–Crippen MR) is 97.9 cm³/mol. The van der Waals surface area contributed by atoms with Crippen LogP contribution in [0.15, 0.2) is 48.9 Å². The molecule has 1 heterocycles. The molecule has 1 aromatic carbocycles. The lowest BCUT2D eigenvalue weighted by molar-refractivity contribution is 0.354. The van der Waals surface area contributed by atoms with Crippen molar-refractivity contribution in [2.24, 2.45) is 0 Å². The van der Waals surface area contributed by atoms with E-state index in [1.54, 1.807) is 26.6 Å². The molecule has 1 aliphatic rings. The van der Waals surface area contributed by atoms with E-state index in [4.69, 9.17) is 9.47 Å². The Morgan fingerprint density at radius 2 is 1.92 bits per heavy atom. The zero-order valence-electron chi connectivity index (χ0n) is 14.8. The van der Waals surface area contributed by atoms with Crippen molar-refractivity contribution in [1.29, 1.82) is 0 Å². The fraction of sp³-hybridized carbons (Fsp3) is 0.400. The molecule has 0 saturated heterocycles. The van der Waals surface area contributed by atoms with Crippen molar-refractivity contribution < 1.29 is 9.47 Å². The van der Waals surface area contributed by atoms with Crippen molar-refractivity contribution in [3.63, 3.8) is 0 Å². The summed E-state index contributed by atoms with van der Waals surface area (Å²) in [5, 5.41) is 3.67. The number of allylic oxidation sites excluding steroid dienone is 1. The molecule has 2 aromatic rings. The van der Waals surface area contributed by atoms with Gasteiger partial charge in [-0.1, -0.05) is 18.2 Å². The first-order chi connectivity index (χ1) is 12.3. The van der Waals surface area contributed by atoms with Gasteiger partial charge in [-0.2, -0.15) is 0 Å². The van der Waals surface area contributed by atoms with E-state index in [9.17, 15) is 0 Å². The topological polar surface area (TPSA) is 56.3 Å². The van der Waals surface area contributed by atoms with Crippen molar-refractivity contribution in [3.8, 4) is 11.5 Å². The summed E-state index contributed by atoms with van der Waals surface area (Å²) in [6.45, 7) is 0.798. The summed E-state index contributed by atoms with van der Waals surface area (Å²) in [7, 11) is 3.32. The van der Waals surface area contributed by atoms with Gasteiger partial charge in [-0.05, 0) is 37.0 Å². The molecule has 2 unspecified atom stereocenters. The van der Waals surface area contributed by atoms with Crippen LogP contribution in [-0.4, -0.2) is 30.2 Å². The van der Waals surface area contributed by atoms with Crippen LogP contribution in [0.25, 0.3) is 0 Å². The molecule has 0 radical (unpaired) electrons. The van der Waals surface area contributed by atoms with Gasteiger partial charge in [0.25, 0.3) is 0 Å². The number of aromatic nitrogens is 2. The Balaban J connectivity index is 1.63. The minimum atomic E-state index is 0.412. The second kappa shape index (κ2) is 8.62. The van der Waals surface area contributed by atoms with Crippen molar-refractivity contribution in [1.82, 2.24) is 15.3 Å². The number of benzene rings is 1.